The summed E-state index contributed by atoms with van der Waals surface area (Å²) in [5.41, 5.74) is 0.508. The Kier molecular flexibility index (Phi) is 14.3. The third kappa shape index (κ3) is 12.1. The van der Waals surface area contributed by atoms with E-state index in [4.69, 9.17) is 14.2 Å². The third-order valence-electron chi connectivity index (χ3n) is 8.13. The van der Waals surface area contributed by atoms with E-state index >= 15 is 0 Å². The van der Waals surface area contributed by atoms with E-state index < -0.39 is 0 Å². The SMILES string of the molecule is CCCCCC[C@H](C)Oc1ccc(C(=O)Oc2ccc(OCCCC3CCC(CCCCC)CC3)cc2)cc1. The smallest absolute Gasteiger partial charge is 0.343 e. The summed E-state index contributed by atoms with van der Waals surface area (Å²) in [5.74, 6) is 3.60. The van der Waals surface area contributed by atoms with Crippen LogP contribution in [0.2, 0.25) is 0 Å². The van der Waals surface area contributed by atoms with Crippen LogP contribution in [-0.2, 0) is 0 Å². The molecule has 1 atom stereocenters. The van der Waals surface area contributed by atoms with Gasteiger partial charge >= 0.3 is 5.97 Å². The first-order chi connectivity index (χ1) is 19.1. The van der Waals surface area contributed by atoms with Crippen molar-refractivity contribution in [3.8, 4) is 17.2 Å². The molecule has 0 bridgehead atoms. The van der Waals surface area contributed by atoms with Crippen LogP contribution in [0.5, 0.6) is 17.2 Å². The van der Waals surface area contributed by atoms with Crippen molar-refractivity contribution in [3.63, 3.8) is 0 Å². The number of carbonyl (C=O) groups excluding carboxylic acids is 1. The number of ether oxygens (including phenoxy) is 3. The molecule has 1 fully saturated rings. The Hall–Kier alpha value is -2.49. The molecule has 0 radical (unpaired) electrons. The maximum atomic E-state index is 12.6. The van der Waals surface area contributed by atoms with Gasteiger partial charge in [-0.15, -0.1) is 0 Å². The van der Waals surface area contributed by atoms with Crippen LogP contribution in [0.4, 0.5) is 0 Å². The van der Waals surface area contributed by atoms with E-state index in [1.54, 1.807) is 24.3 Å². The predicted molar refractivity (Wildman–Crippen MR) is 161 cm³/mol. The van der Waals surface area contributed by atoms with Gasteiger partial charge in [0.2, 0.25) is 0 Å². The molecule has 0 aromatic heterocycles. The van der Waals surface area contributed by atoms with E-state index in [2.05, 4.69) is 20.8 Å². The van der Waals surface area contributed by atoms with E-state index in [0.717, 1.165) is 42.8 Å². The molecule has 3 rings (SSSR count). The summed E-state index contributed by atoms with van der Waals surface area (Å²) < 4.78 is 17.5. The standard InChI is InChI=1S/C35H52O4/c1-4-6-8-10-12-28(3)38-33-21-19-31(20-22-33)35(36)39-34-25-23-32(24-26-34)37-27-11-14-30-17-15-29(16-18-30)13-9-7-5-2/h19-26,28-30H,4-18,27H2,1-3H3/t28-,29?,30?/m0/s1. The van der Waals surface area contributed by atoms with E-state index in [1.807, 2.05) is 24.3 Å². The second-order valence-corrected chi connectivity index (χ2v) is 11.5. The zero-order valence-electron chi connectivity index (χ0n) is 24.8. The maximum Gasteiger partial charge on any atom is 0.343 e. The third-order valence-corrected chi connectivity index (χ3v) is 8.13. The molecular weight excluding hydrogens is 484 g/mol. The Balaban J connectivity index is 1.31. The van der Waals surface area contributed by atoms with Gasteiger partial charge in [0.25, 0.3) is 0 Å². The van der Waals surface area contributed by atoms with Gasteiger partial charge < -0.3 is 14.2 Å². The molecule has 0 spiro atoms. The molecule has 0 N–H and O–H groups in total. The molecular formula is C35H52O4. The van der Waals surface area contributed by atoms with Gasteiger partial charge in [0.05, 0.1) is 18.3 Å². The van der Waals surface area contributed by atoms with Crippen molar-refractivity contribution < 1.29 is 19.0 Å². The summed E-state index contributed by atoms with van der Waals surface area (Å²) in [7, 11) is 0. The summed E-state index contributed by atoms with van der Waals surface area (Å²) >= 11 is 0. The Labute approximate surface area is 237 Å². The fourth-order valence-electron chi connectivity index (χ4n) is 5.64. The molecule has 0 heterocycles. The summed E-state index contributed by atoms with van der Waals surface area (Å²) in [6.07, 6.45) is 19.7. The number of hydrogen-bond acceptors (Lipinski definition) is 4. The second-order valence-electron chi connectivity index (χ2n) is 11.5. The molecule has 0 unspecified atom stereocenters. The highest BCUT2D eigenvalue weighted by Crippen LogP contribution is 2.34. The number of benzene rings is 2. The summed E-state index contributed by atoms with van der Waals surface area (Å²) in [6.45, 7) is 7.35. The largest absolute Gasteiger partial charge is 0.494 e. The predicted octanol–water partition coefficient (Wildman–Crippen LogP) is 10.2. The molecule has 1 aliphatic carbocycles. The summed E-state index contributed by atoms with van der Waals surface area (Å²) in [5, 5.41) is 0. The van der Waals surface area contributed by atoms with Gasteiger partial charge in [-0.05, 0) is 93.0 Å². The van der Waals surface area contributed by atoms with Crippen LogP contribution in [0.1, 0.15) is 127 Å². The molecule has 2 aromatic rings. The molecule has 0 aliphatic heterocycles. The Bertz CT molecular complexity index is 913. The van der Waals surface area contributed by atoms with Crippen LogP contribution in [0.3, 0.4) is 0 Å². The van der Waals surface area contributed by atoms with Gasteiger partial charge in [-0.2, -0.15) is 0 Å². The fourth-order valence-corrected chi connectivity index (χ4v) is 5.64. The Morgan fingerprint density at radius 1 is 0.718 bits per heavy atom. The van der Waals surface area contributed by atoms with Gasteiger partial charge in [0.15, 0.2) is 0 Å². The molecule has 0 amide bonds. The molecule has 2 aromatic carbocycles. The monoisotopic (exact) mass is 536 g/mol. The van der Waals surface area contributed by atoms with Crippen LogP contribution in [0.15, 0.2) is 48.5 Å². The van der Waals surface area contributed by atoms with Crippen molar-refractivity contribution in [1.82, 2.24) is 0 Å². The number of carbonyl (C=O) groups is 1. The zero-order valence-corrected chi connectivity index (χ0v) is 24.8. The van der Waals surface area contributed by atoms with Crippen molar-refractivity contribution >= 4 is 5.97 Å². The van der Waals surface area contributed by atoms with E-state index in [-0.39, 0.29) is 12.1 Å². The van der Waals surface area contributed by atoms with Crippen molar-refractivity contribution in [3.05, 3.63) is 54.1 Å². The number of esters is 1. The minimum absolute atomic E-state index is 0.167. The normalized spacial score (nSPS) is 17.9. The highest BCUT2D eigenvalue weighted by Gasteiger charge is 2.20. The van der Waals surface area contributed by atoms with Gasteiger partial charge in [-0.3, -0.25) is 0 Å². The molecule has 0 saturated heterocycles. The van der Waals surface area contributed by atoms with Gasteiger partial charge in [-0.1, -0.05) is 84.5 Å². The Morgan fingerprint density at radius 2 is 1.28 bits per heavy atom. The van der Waals surface area contributed by atoms with Crippen molar-refractivity contribution in [2.75, 3.05) is 6.61 Å². The minimum atomic E-state index is -0.372. The fraction of sp³-hybridized carbons (Fsp3) is 0.629. The average Bonchev–Trinajstić information content (AvgIpc) is 2.95. The quantitative estimate of drug-likeness (QED) is 0.108. The second kappa shape index (κ2) is 18.0. The summed E-state index contributed by atoms with van der Waals surface area (Å²) in [4.78, 5) is 12.6. The first-order valence-corrected chi connectivity index (χ1v) is 15.8. The van der Waals surface area contributed by atoms with E-state index in [0.29, 0.717) is 11.3 Å². The van der Waals surface area contributed by atoms with Crippen molar-refractivity contribution in [2.45, 2.75) is 123 Å². The Morgan fingerprint density at radius 3 is 1.92 bits per heavy atom. The lowest BCUT2D eigenvalue weighted by Gasteiger charge is -2.28. The topological polar surface area (TPSA) is 44.8 Å². The van der Waals surface area contributed by atoms with Crippen LogP contribution < -0.4 is 14.2 Å². The molecule has 1 aliphatic rings. The average molecular weight is 537 g/mol. The lowest BCUT2D eigenvalue weighted by molar-refractivity contribution is 0.0734. The van der Waals surface area contributed by atoms with Gasteiger partial charge in [-0.25, -0.2) is 4.79 Å². The van der Waals surface area contributed by atoms with E-state index in [9.17, 15) is 4.79 Å². The van der Waals surface area contributed by atoms with Crippen LogP contribution in [0.25, 0.3) is 0 Å². The lowest BCUT2D eigenvalue weighted by atomic mass is 9.78. The number of rotatable bonds is 18. The molecule has 4 heteroatoms. The van der Waals surface area contributed by atoms with Crippen molar-refractivity contribution in [1.29, 1.82) is 0 Å². The minimum Gasteiger partial charge on any atom is -0.494 e. The number of hydrogen-bond donors (Lipinski definition) is 0. The van der Waals surface area contributed by atoms with Crippen LogP contribution >= 0.6 is 0 Å². The molecule has 1 saturated carbocycles. The molecule has 216 valence electrons. The molecule has 39 heavy (non-hydrogen) atoms. The first-order valence-electron chi connectivity index (χ1n) is 15.8. The van der Waals surface area contributed by atoms with Gasteiger partial charge in [0, 0.05) is 0 Å². The lowest BCUT2D eigenvalue weighted by Crippen LogP contribution is -2.15. The zero-order chi connectivity index (χ0) is 27.7. The van der Waals surface area contributed by atoms with Crippen LogP contribution in [-0.4, -0.2) is 18.7 Å². The highest BCUT2D eigenvalue weighted by atomic mass is 16.5. The highest BCUT2D eigenvalue weighted by molar-refractivity contribution is 5.91. The van der Waals surface area contributed by atoms with Crippen molar-refractivity contribution in [2.24, 2.45) is 11.8 Å². The van der Waals surface area contributed by atoms with E-state index in [1.165, 1.54) is 83.5 Å². The number of unbranched alkanes of at least 4 members (excludes halogenated alkanes) is 5. The first kappa shape index (κ1) is 31.0. The maximum absolute atomic E-state index is 12.6. The molecule has 4 nitrogen and oxygen atoms in total. The summed E-state index contributed by atoms with van der Waals surface area (Å²) in [6, 6.07) is 14.6. The van der Waals surface area contributed by atoms with Crippen LogP contribution in [0, 0.1) is 11.8 Å². The van der Waals surface area contributed by atoms with Gasteiger partial charge in [0.1, 0.15) is 17.2 Å².